The Morgan fingerprint density at radius 1 is 1.30 bits per heavy atom. The van der Waals surface area contributed by atoms with Crippen molar-refractivity contribution in [1.29, 1.82) is 5.41 Å². The summed E-state index contributed by atoms with van der Waals surface area (Å²) in [6.45, 7) is 1.28. The van der Waals surface area contributed by atoms with Crippen LogP contribution in [0.4, 0.5) is 0 Å². The third kappa shape index (κ3) is 5.53. The third-order valence-electron chi connectivity index (χ3n) is 0.911. The third-order valence-corrected chi connectivity index (χ3v) is 0.911. The van der Waals surface area contributed by atoms with Crippen LogP contribution in [0.3, 0.4) is 0 Å². The van der Waals surface area contributed by atoms with Gasteiger partial charge in [0.25, 0.3) is 0 Å². The van der Waals surface area contributed by atoms with Gasteiger partial charge in [0.1, 0.15) is 6.61 Å². The largest absolute Gasteiger partial charge is 0.483 e. The first-order valence-corrected chi connectivity index (χ1v) is 2.99. The second kappa shape index (κ2) is 6.51. The molecule has 0 saturated carbocycles. The molecule has 4 nitrogen and oxygen atoms in total. The van der Waals surface area contributed by atoms with E-state index in [9.17, 15) is 0 Å². The molecule has 0 radical (unpaired) electrons. The first-order valence-electron chi connectivity index (χ1n) is 2.99. The zero-order valence-electron chi connectivity index (χ0n) is 6.35. The number of ether oxygens (including phenoxy) is 3. The maximum atomic E-state index is 6.98. The zero-order chi connectivity index (χ0) is 7.82. The number of methoxy groups -OCH3 is 2. The topological polar surface area (TPSA) is 51.5 Å². The Bertz CT molecular complexity index is 95.0. The van der Waals surface area contributed by atoms with E-state index in [-0.39, 0.29) is 12.5 Å². The second-order valence-corrected chi connectivity index (χ2v) is 1.67. The van der Waals surface area contributed by atoms with E-state index >= 15 is 0 Å². The van der Waals surface area contributed by atoms with Crippen molar-refractivity contribution in [2.45, 2.75) is 0 Å². The van der Waals surface area contributed by atoms with Gasteiger partial charge in [0.15, 0.2) is 0 Å². The molecule has 0 aliphatic rings. The SMILES string of the molecule is COCCOCC(=N)OC. The number of hydrogen-bond donors (Lipinski definition) is 1. The summed E-state index contributed by atoms with van der Waals surface area (Å²) in [4.78, 5) is 0. The Morgan fingerprint density at radius 2 is 2.00 bits per heavy atom. The Kier molecular flexibility index (Phi) is 6.11. The molecule has 0 saturated heterocycles. The van der Waals surface area contributed by atoms with Crippen molar-refractivity contribution in [2.24, 2.45) is 0 Å². The summed E-state index contributed by atoms with van der Waals surface area (Å²) >= 11 is 0. The van der Waals surface area contributed by atoms with Crippen molar-refractivity contribution in [3.05, 3.63) is 0 Å². The normalized spacial score (nSPS) is 9.40. The van der Waals surface area contributed by atoms with Gasteiger partial charge >= 0.3 is 0 Å². The van der Waals surface area contributed by atoms with Crippen LogP contribution >= 0.6 is 0 Å². The van der Waals surface area contributed by atoms with E-state index in [1.165, 1.54) is 7.11 Å². The van der Waals surface area contributed by atoms with Crippen molar-refractivity contribution >= 4 is 5.90 Å². The monoisotopic (exact) mass is 147 g/mol. The van der Waals surface area contributed by atoms with Gasteiger partial charge in [0.05, 0.1) is 20.3 Å². The molecule has 0 rings (SSSR count). The minimum absolute atomic E-state index is 0.135. The molecule has 0 spiro atoms. The molecular formula is C6H13NO3. The molecule has 0 aliphatic heterocycles. The molecule has 0 amide bonds. The fourth-order valence-corrected chi connectivity index (χ4v) is 0.366. The summed E-state index contributed by atoms with van der Waals surface area (Å²) in [5, 5.41) is 6.98. The predicted molar refractivity (Wildman–Crippen MR) is 37.4 cm³/mol. The van der Waals surface area contributed by atoms with E-state index in [2.05, 4.69) is 4.74 Å². The molecule has 0 fully saturated rings. The van der Waals surface area contributed by atoms with Gasteiger partial charge in [-0.2, -0.15) is 0 Å². The van der Waals surface area contributed by atoms with Crippen molar-refractivity contribution in [2.75, 3.05) is 34.0 Å². The van der Waals surface area contributed by atoms with E-state index < -0.39 is 0 Å². The van der Waals surface area contributed by atoms with Gasteiger partial charge in [-0.05, 0) is 0 Å². The summed E-state index contributed by atoms with van der Waals surface area (Å²) in [6, 6.07) is 0. The van der Waals surface area contributed by atoms with Crippen LogP contribution in [0.1, 0.15) is 0 Å². The van der Waals surface area contributed by atoms with E-state index in [4.69, 9.17) is 14.9 Å². The quantitative estimate of drug-likeness (QED) is 0.345. The van der Waals surface area contributed by atoms with E-state index in [0.29, 0.717) is 13.2 Å². The summed E-state index contributed by atoms with van der Waals surface area (Å²) in [7, 11) is 3.05. The van der Waals surface area contributed by atoms with Gasteiger partial charge in [-0.3, -0.25) is 5.41 Å². The highest BCUT2D eigenvalue weighted by Gasteiger charge is 1.92. The Balaban J connectivity index is 2.96. The van der Waals surface area contributed by atoms with Gasteiger partial charge in [0, 0.05) is 7.11 Å². The minimum atomic E-state index is 0.135. The molecule has 0 aromatic heterocycles. The minimum Gasteiger partial charge on any atom is -0.483 e. The van der Waals surface area contributed by atoms with Gasteiger partial charge in [-0.25, -0.2) is 0 Å². The van der Waals surface area contributed by atoms with Crippen molar-refractivity contribution in [3.63, 3.8) is 0 Å². The lowest BCUT2D eigenvalue weighted by Crippen LogP contribution is -2.12. The lowest BCUT2D eigenvalue weighted by Gasteiger charge is -2.02. The van der Waals surface area contributed by atoms with Gasteiger partial charge in [0.2, 0.25) is 5.90 Å². The van der Waals surface area contributed by atoms with Gasteiger partial charge in [-0.1, -0.05) is 0 Å². The lowest BCUT2D eigenvalue weighted by molar-refractivity contribution is 0.0837. The molecule has 0 unspecified atom stereocenters. The second-order valence-electron chi connectivity index (χ2n) is 1.67. The molecule has 1 N–H and O–H groups in total. The first-order chi connectivity index (χ1) is 4.81. The zero-order valence-corrected chi connectivity index (χ0v) is 6.35. The maximum Gasteiger partial charge on any atom is 0.206 e. The maximum absolute atomic E-state index is 6.98. The average Bonchev–Trinajstić information content (AvgIpc) is 1.98. The number of nitrogens with one attached hydrogen (secondary N) is 1. The lowest BCUT2D eigenvalue weighted by atomic mass is 10.7. The fraction of sp³-hybridized carbons (Fsp3) is 0.833. The molecule has 10 heavy (non-hydrogen) atoms. The van der Waals surface area contributed by atoms with Crippen LogP contribution in [0, 0.1) is 5.41 Å². The predicted octanol–water partition coefficient (Wildman–Crippen LogP) is 0.273. The molecule has 0 aliphatic carbocycles. The Morgan fingerprint density at radius 3 is 2.50 bits per heavy atom. The van der Waals surface area contributed by atoms with Crippen LogP contribution in [-0.2, 0) is 14.2 Å². The van der Waals surface area contributed by atoms with Crippen molar-refractivity contribution < 1.29 is 14.2 Å². The Hall–Kier alpha value is -0.610. The van der Waals surface area contributed by atoms with Crippen LogP contribution in [-0.4, -0.2) is 39.9 Å². The van der Waals surface area contributed by atoms with Crippen LogP contribution in [0.25, 0.3) is 0 Å². The standard InChI is InChI=1S/C6H13NO3/c1-8-3-4-10-5-6(7)9-2/h7H,3-5H2,1-2H3. The first kappa shape index (κ1) is 9.39. The van der Waals surface area contributed by atoms with E-state index in [1.54, 1.807) is 7.11 Å². The van der Waals surface area contributed by atoms with Crippen molar-refractivity contribution in [1.82, 2.24) is 0 Å². The molecule has 0 aromatic rings. The van der Waals surface area contributed by atoms with Gasteiger partial charge < -0.3 is 14.2 Å². The van der Waals surface area contributed by atoms with Crippen LogP contribution in [0.15, 0.2) is 0 Å². The smallest absolute Gasteiger partial charge is 0.206 e. The molecule has 60 valence electrons. The molecule has 0 bridgehead atoms. The summed E-state index contributed by atoms with van der Waals surface area (Å²) < 4.78 is 14.2. The van der Waals surface area contributed by atoms with Crippen LogP contribution in [0.2, 0.25) is 0 Å². The number of rotatable bonds is 5. The Labute approximate surface area is 60.6 Å². The summed E-state index contributed by atoms with van der Waals surface area (Å²) in [5.41, 5.74) is 0. The molecule has 0 heterocycles. The molecule has 0 aromatic carbocycles. The van der Waals surface area contributed by atoms with Crippen LogP contribution in [0.5, 0.6) is 0 Å². The highest BCUT2D eigenvalue weighted by Crippen LogP contribution is 1.79. The fourth-order valence-electron chi connectivity index (χ4n) is 0.366. The molecular weight excluding hydrogens is 134 g/mol. The molecule has 4 heteroatoms. The summed E-state index contributed by atoms with van der Waals surface area (Å²) in [6.07, 6.45) is 0. The van der Waals surface area contributed by atoms with Gasteiger partial charge in [-0.15, -0.1) is 0 Å². The van der Waals surface area contributed by atoms with Crippen LogP contribution < -0.4 is 0 Å². The van der Waals surface area contributed by atoms with E-state index in [0.717, 1.165) is 0 Å². The highest BCUT2D eigenvalue weighted by molar-refractivity contribution is 5.73. The number of hydrogen-bond acceptors (Lipinski definition) is 4. The van der Waals surface area contributed by atoms with Crippen molar-refractivity contribution in [3.8, 4) is 0 Å². The molecule has 0 atom stereocenters. The van der Waals surface area contributed by atoms with E-state index in [1.807, 2.05) is 0 Å². The summed E-state index contributed by atoms with van der Waals surface area (Å²) in [5.74, 6) is 0.135. The highest BCUT2D eigenvalue weighted by atomic mass is 16.5. The average molecular weight is 147 g/mol.